The number of para-hydroxylation sites is 2. The lowest BCUT2D eigenvalue weighted by molar-refractivity contribution is -0.118. The number of anilines is 1. The first-order valence-corrected chi connectivity index (χ1v) is 8.96. The molecule has 0 radical (unpaired) electrons. The molecule has 6 nitrogen and oxygen atoms in total. The molecular weight excluding hydrogens is 366 g/mol. The molecule has 0 unspecified atom stereocenters. The highest BCUT2D eigenvalue weighted by Crippen LogP contribution is 2.16. The van der Waals surface area contributed by atoms with Crippen LogP contribution < -0.4 is 10.1 Å². The van der Waals surface area contributed by atoms with E-state index in [1.807, 2.05) is 42.5 Å². The summed E-state index contributed by atoms with van der Waals surface area (Å²) in [7, 11) is 0. The van der Waals surface area contributed by atoms with Crippen LogP contribution in [0.1, 0.15) is 16.7 Å². The molecule has 0 aromatic heterocycles. The number of rotatable bonds is 8. The van der Waals surface area contributed by atoms with Gasteiger partial charge in [-0.15, -0.1) is 0 Å². The molecule has 0 heterocycles. The maximum Gasteiger partial charge on any atom is 0.262 e. The third-order valence-corrected chi connectivity index (χ3v) is 3.96. The van der Waals surface area contributed by atoms with E-state index in [4.69, 9.17) is 14.8 Å². The summed E-state index contributed by atoms with van der Waals surface area (Å²) in [5, 5.41) is 15.8. The van der Waals surface area contributed by atoms with Crippen LogP contribution >= 0.6 is 0 Å². The lowest BCUT2D eigenvalue weighted by Crippen LogP contribution is -2.20. The van der Waals surface area contributed by atoms with Gasteiger partial charge in [-0.3, -0.25) is 4.79 Å². The van der Waals surface area contributed by atoms with Crippen molar-refractivity contribution in [3.63, 3.8) is 0 Å². The van der Waals surface area contributed by atoms with E-state index in [-0.39, 0.29) is 19.1 Å². The summed E-state index contributed by atoms with van der Waals surface area (Å²) in [5.74, 6) is 0.257. The van der Waals surface area contributed by atoms with Crippen LogP contribution in [0.3, 0.4) is 0 Å². The molecule has 3 aromatic rings. The average Bonchev–Trinajstić information content (AvgIpc) is 2.77. The van der Waals surface area contributed by atoms with Crippen molar-refractivity contribution in [1.82, 2.24) is 0 Å². The molecule has 0 aliphatic carbocycles. The van der Waals surface area contributed by atoms with Gasteiger partial charge < -0.3 is 14.9 Å². The standard InChI is InChI=1S/C23H19N3O3/c24-14-18-8-4-5-10-20(18)16-29-25-15-19-9-6-7-13-22(19)28-17-23(27)26-21-11-2-1-3-12-21/h1-13,15H,16-17H2,(H,26,27)/b25-15-. The normalized spacial score (nSPS) is 10.3. The third-order valence-electron chi connectivity index (χ3n) is 3.96. The Labute approximate surface area is 169 Å². The molecule has 3 rings (SSSR count). The SMILES string of the molecule is N#Cc1ccccc1CO/N=C\c1ccccc1OCC(=O)Nc1ccccc1. The Bertz CT molecular complexity index is 1030. The van der Waals surface area contributed by atoms with E-state index in [0.717, 1.165) is 5.56 Å². The van der Waals surface area contributed by atoms with Crippen molar-refractivity contribution in [2.45, 2.75) is 6.61 Å². The second-order valence-electron chi connectivity index (χ2n) is 6.02. The van der Waals surface area contributed by atoms with Crippen LogP contribution in [0.5, 0.6) is 5.75 Å². The second-order valence-corrected chi connectivity index (χ2v) is 6.02. The fourth-order valence-electron chi connectivity index (χ4n) is 2.54. The van der Waals surface area contributed by atoms with Crippen molar-refractivity contribution in [1.29, 1.82) is 5.26 Å². The Morgan fingerprint density at radius 3 is 2.55 bits per heavy atom. The summed E-state index contributed by atoms with van der Waals surface area (Å²) in [5.41, 5.74) is 2.70. The summed E-state index contributed by atoms with van der Waals surface area (Å²) in [6.45, 7) is 0.0545. The van der Waals surface area contributed by atoms with E-state index in [1.54, 1.807) is 36.4 Å². The molecule has 0 aliphatic heterocycles. The van der Waals surface area contributed by atoms with Crippen molar-refractivity contribution >= 4 is 17.8 Å². The minimum atomic E-state index is -0.257. The topological polar surface area (TPSA) is 83.7 Å². The number of hydrogen-bond donors (Lipinski definition) is 1. The van der Waals surface area contributed by atoms with Gasteiger partial charge in [0.05, 0.1) is 17.8 Å². The average molecular weight is 385 g/mol. The zero-order chi connectivity index (χ0) is 20.3. The highest BCUT2D eigenvalue weighted by atomic mass is 16.6. The zero-order valence-electron chi connectivity index (χ0n) is 15.6. The molecule has 0 aliphatic rings. The number of nitriles is 1. The lowest BCUT2D eigenvalue weighted by Gasteiger charge is -2.09. The van der Waals surface area contributed by atoms with Crippen molar-refractivity contribution in [3.05, 3.63) is 95.6 Å². The molecule has 0 bridgehead atoms. The highest BCUT2D eigenvalue weighted by Gasteiger charge is 2.06. The molecule has 144 valence electrons. The summed E-state index contributed by atoms with van der Waals surface area (Å²) in [6.07, 6.45) is 1.51. The molecular formula is C23H19N3O3. The molecule has 0 atom stereocenters. The summed E-state index contributed by atoms with van der Waals surface area (Å²) in [4.78, 5) is 17.4. The van der Waals surface area contributed by atoms with Crippen molar-refractivity contribution < 1.29 is 14.4 Å². The summed E-state index contributed by atoms with van der Waals surface area (Å²) >= 11 is 0. The van der Waals surface area contributed by atoms with Crippen LogP contribution in [-0.4, -0.2) is 18.7 Å². The molecule has 1 amide bonds. The first-order chi connectivity index (χ1) is 14.3. The van der Waals surface area contributed by atoms with Gasteiger partial charge in [-0.2, -0.15) is 5.26 Å². The number of carbonyl (C=O) groups is 1. The van der Waals surface area contributed by atoms with Crippen LogP contribution in [-0.2, 0) is 16.2 Å². The molecule has 3 aromatic carbocycles. The van der Waals surface area contributed by atoms with Gasteiger partial charge in [0.1, 0.15) is 12.4 Å². The summed E-state index contributed by atoms with van der Waals surface area (Å²) in [6, 6.07) is 25.7. The number of nitrogens with one attached hydrogen (secondary N) is 1. The Kier molecular flexibility index (Phi) is 6.97. The number of amides is 1. The van der Waals surface area contributed by atoms with Gasteiger partial charge in [-0.1, -0.05) is 53.7 Å². The predicted molar refractivity (Wildman–Crippen MR) is 111 cm³/mol. The van der Waals surface area contributed by atoms with Crippen LogP contribution in [0.15, 0.2) is 84.0 Å². The van der Waals surface area contributed by atoms with Crippen LogP contribution in [0.25, 0.3) is 0 Å². The van der Waals surface area contributed by atoms with E-state index in [2.05, 4.69) is 16.5 Å². The monoisotopic (exact) mass is 385 g/mol. The van der Waals surface area contributed by atoms with Gasteiger partial charge >= 0.3 is 0 Å². The lowest BCUT2D eigenvalue weighted by atomic mass is 10.1. The largest absolute Gasteiger partial charge is 0.483 e. The van der Waals surface area contributed by atoms with Gasteiger partial charge in [0.15, 0.2) is 6.61 Å². The molecule has 0 saturated carbocycles. The quantitative estimate of drug-likeness (QED) is 0.467. The fourth-order valence-corrected chi connectivity index (χ4v) is 2.54. The number of oxime groups is 1. The molecule has 0 fully saturated rings. The number of nitrogens with zero attached hydrogens (tertiary/aromatic N) is 2. The summed E-state index contributed by atoms with van der Waals surface area (Å²) < 4.78 is 5.62. The molecule has 0 saturated heterocycles. The van der Waals surface area contributed by atoms with E-state index >= 15 is 0 Å². The van der Waals surface area contributed by atoms with Crippen molar-refractivity contribution in [2.24, 2.45) is 5.16 Å². The van der Waals surface area contributed by atoms with Crippen molar-refractivity contribution in [3.8, 4) is 11.8 Å². The van der Waals surface area contributed by atoms with Crippen LogP contribution in [0.4, 0.5) is 5.69 Å². The Morgan fingerprint density at radius 2 is 1.72 bits per heavy atom. The maximum absolute atomic E-state index is 12.1. The fraction of sp³-hybridized carbons (Fsp3) is 0.0870. The smallest absolute Gasteiger partial charge is 0.262 e. The van der Waals surface area contributed by atoms with Gasteiger partial charge in [0, 0.05) is 16.8 Å². The van der Waals surface area contributed by atoms with Gasteiger partial charge in [0.25, 0.3) is 5.91 Å². The first-order valence-electron chi connectivity index (χ1n) is 8.96. The molecule has 29 heavy (non-hydrogen) atoms. The minimum absolute atomic E-state index is 0.129. The zero-order valence-corrected chi connectivity index (χ0v) is 15.6. The van der Waals surface area contributed by atoms with E-state index in [1.165, 1.54) is 6.21 Å². The maximum atomic E-state index is 12.1. The molecule has 1 N–H and O–H groups in total. The first kappa shape index (κ1) is 19.6. The third kappa shape index (κ3) is 5.94. The predicted octanol–water partition coefficient (Wildman–Crippen LogP) is 4.13. The second kappa shape index (κ2) is 10.3. The minimum Gasteiger partial charge on any atom is -0.483 e. The van der Waals surface area contributed by atoms with E-state index in [9.17, 15) is 4.79 Å². The van der Waals surface area contributed by atoms with Gasteiger partial charge in [-0.05, 0) is 30.3 Å². The number of hydrogen-bond acceptors (Lipinski definition) is 5. The molecule has 0 spiro atoms. The Hall–Kier alpha value is -4.11. The molecule has 6 heteroatoms. The number of carbonyl (C=O) groups excluding carboxylic acids is 1. The Balaban J connectivity index is 1.55. The Morgan fingerprint density at radius 1 is 1.00 bits per heavy atom. The number of benzene rings is 3. The highest BCUT2D eigenvalue weighted by molar-refractivity contribution is 5.92. The van der Waals surface area contributed by atoms with Gasteiger partial charge in [0.2, 0.25) is 0 Å². The van der Waals surface area contributed by atoms with E-state index in [0.29, 0.717) is 22.6 Å². The van der Waals surface area contributed by atoms with Gasteiger partial charge in [-0.25, -0.2) is 0 Å². The van der Waals surface area contributed by atoms with Crippen molar-refractivity contribution in [2.75, 3.05) is 11.9 Å². The van der Waals surface area contributed by atoms with Crippen LogP contribution in [0.2, 0.25) is 0 Å². The van der Waals surface area contributed by atoms with Crippen LogP contribution in [0, 0.1) is 11.3 Å². The number of ether oxygens (including phenoxy) is 1. The van der Waals surface area contributed by atoms with E-state index < -0.39 is 0 Å².